The highest BCUT2D eigenvalue weighted by molar-refractivity contribution is 7.98. The highest BCUT2D eigenvalue weighted by Gasteiger charge is 2.13. The zero-order valence-corrected chi connectivity index (χ0v) is 13.8. The number of aromatic nitrogens is 1. The smallest absolute Gasteiger partial charge is 0.252 e. The molecule has 122 valence electrons. The second-order valence-corrected chi connectivity index (χ2v) is 5.89. The molecule has 0 unspecified atom stereocenters. The van der Waals surface area contributed by atoms with Crippen molar-refractivity contribution in [3.63, 3.8) is 0 Å². The van der Waals surface area contributed by atoms with Crippen molar-refractivity contribution in [3.05, 3.63) is 71.7 Å². The molecule has 4 nitrogen and oxygen atoms in total. The van der Waals surface area contributed by atoms with E-state index in [9.17, 15) is 9.18 Å². The van der Waals surface area contributed by atoms with E-state index in [2.05, 4.69) is 10.5 Å². The van der Waals surface area contributed by atoms with Crippen LogP contribution in [0.3, 0.4) is 0 Å². The summed E-state index contributed by atoms with van der Waals surface area (Å²) in [6.45, 7) is 0.208. The number of rotatable bonds is 5. The molecule has 1 aromatic heterocycles. The Morgan fingerprint density at radius 3 is 2.75 bits per heavy atom. The van der Waals surface area contributed by atoms with Crippen LogP contribution in [0.4, 0.5) is 4.39 Å². The predicted molar refractivity (Wildman–Crippen MR) is 91.3 cm³/mol. The fourth-order valence-corrected chi connectivity index (χ4v) is 2.88. The van der Waals surface area contributed by atoms with Gasteiger partial charge in [-0.05, 0) is 30.5 Å². The fraction of sp³-hybridized carbons (Fsp3) is 0.111. The van der Waals surface area contributed by atoms with E-state index in [1.165, 1.54) is 17.8 Å². The van der Waals surface area contributed by atoms with Gasteiger partial charge in [-0.25, -0.2) is 4.39 Å². The number of halogens is 1. The van der Waals surface area contributed by atoms with Crippen LogP contribution in [0.1, 0.15) is 16.1 Å². The number of thioether (sulfide) groups is 1. The van der Waals surface area contributed by atoms with Crippen LogP contribution in [0, 0.1) is 5.82 Å². The molecule has 0 aliphatic carbocycles. The van der Waals surface area contributed by atoms with Gasteiger partial charge in [0.05, 0.1) is 17.7 Å². The Hall–Kier alpha value is -2.60. The van der Waals surface area contributed by atoms with E-state index in [1.807, 2.05) is 24.5 Å². The second-order valence-electron chi connectivity index (χ2n) is 5.05. The molecule has 2 aromatic carbocycles. The van der Waals surface area contributed by atoms with Gasteiger partial charge >= 0.3 is 0 Å². The van der Waals surface area contributed by atoms with E-state index in [0.717, 1.165) is 4.90 Å². The zero-order chi connectivity index (χ0) is 16.9. The van der Waals surface area contributed by atoms with Gasteiger partial charge in [-0.2, -0.15) is 0 Å². The Bertz CT molecular complexity index is 863. The molecule has 0 saturated carbocycles. The first-order valence-corrected chi connectivity index (χ1v) is 8.53. The molecule has 0 fully saturated rings. The van der Waals surface area contributed by atoms with E-state index in [0.29, 0.717) is 22.6 Å². The summed E-state index contributed by atoms with van der Waals surface area (Å²) in [4.78, 5) is 13.2. The van der Waals surface area contributed by atoms with Crippen LogP contribution in [-0.2, 0) is 6.54 Å². The van der Waals surface area contributed by atoms with Crippen molar-refractivity contribution in [2.24, 2.45) is 0 Å². The number of hydrogen-bond acceptors (Lipinski definition) is 4. The monoisotopic (exact) mass is 342 g/mol. The van der Waals surface area contributed by atoms with Gasteiger partial charge in [-0.1, -0.05) is 29.4 Å². The lowest BCUT2D eigenvalue weighted by Gasteiger charge is -2.06. The Balaban J connectivity index is 1.70. The minimum Gasteiger partial charge on any atom is -0.356 e. The first kappa shape index (κ1) is 16.3. The van der Waals surface area contributed by atoms with Crippen molar-refractivity contribution in [1.82, 2.24) is 10.5 Å². The molecule has 1 amide bonds. The third-order valence-electron chi connectivity index (χ3n) is 3.48. The van der Waals surface area contributed by atoms with Crippen LogP contribution in [0.25, 0.3) is 11.3 Å². The number of carbonyl (C=O) groups excluding carboxylic acids is 1. The Kier molecular flexibility index (Phi) is 4.96. The van der Waals surface area contributed by atoms with Crippen LogP contribution < -0.4 is 5.32 Å². The summed E-state index contributed by atoms with van der Waals surface area (Å²) >= 11 is 1.51. The lowest BCUT2D eigenvalue weighted by molar-refractivity contribution is 0.0947. The van der Waals surface area contributed by atoms with E-state index in [1.54, 1.807) is 30.3 Å². The van der Waals surface area contributed by atoms with Gasteiger partial charge in [-0.3, -0.25) is 4.79 Å². The molecule has 1 N–H and O–H groups in total. The SMILES string of the molecule is CSc1ccccc1C(=O)NCc1cc(-c2ccccc2F)on1. The van der Waals surface area contributed by atoms with Crippen LogP contribution in [0.2, 0.25) is 0 Å². The second kappa shape index (κ2) is 7.31. The first-order chi connectivity index (χ1) is 11.7. The minimum absolute atomic E-state index is 0.185. The number of nitrogens with zero attached hydrogens (tertiary/aromatic N) is 1. The van der Waals surface area contributed by atoms with Gasteiger partial charge in [0.1, 0.15) is 11.5 Å². The molecule has 0 saturated heterocycles. The molecule has 1 heterocycles. The molecule has 3 aromatic rings. The molecule has 0 radical (unpaired) electrons. The number of carbonyl (C=O) groups is 1. The van der Waals surface area contributed by atoms with E-state index >= 15 is 0 Å². The van der Waals surface area contributed by atoms with Crippen molar-refractivity contribution in [3.8, 4) is 11.3 Å². The van der Waals surface area contributed by atoms with Gasteiger partial charge in [0.15, 0.2) is 5.76 Å². The molecule has 0 bridgehead atoms. The topological polar surface area (TPSA) is 55.1 Å². The minimum atomic E-state index is -0.377. The summed E-state index contributed by atoms with van der Waals surface area (Å²) in [5.74, 6) is -0.226. The summed E-state index contributed by atoms with van der Waals surface area (Å²) in [6, 6.07) is 15.3. The van der Waals surface area contributed by atoms with Crippen molar-refractivity contribution >= 4 is 17.7 Å². The van der Waals surface area contributed by atoms with Gasteiger partial charge in [0.2, 0.25) is 0 Å². The molecular weight excluding hydrogens is 327 g/mol. The highest BCUT2D eigenvalue weighted by atomic mass is 32.2. The van der Waals surface area contributed by atoms with Crippen LogP contribution in [-0.4, -0.2) is 17.3 Å². The largest absolute Gasteiger partial charge is 0.356 e. The van der Waals surface area contributed by atoms with E-state index in [4.69, 9.17) is 4.52 Å². The zero-order valence-electron chi connectivity index (χ0n) is 13.0. The summed E-state index contributed by atoms with van der Waals surface area (Å²) in [7, 11) is 0. The average molecular weight is 342 g/mol. The normalized spacial score (nSPS) is 10.6. The molecule has 3 rings (SSSR count). The van der Waals surface area contributed by atoms with Crippen molar-refractivity contribution < 1.29 is 13.7 Å². The standard InChI is InChI=1S/C18H15FN2O2S/c1-24-17-9-5-3-7-14(17)18(22)20-11-12-10-16(23-21-12)13-6-2-4-8-15(13)19/h2-10H,11H2,1H3,(H,20,22). The number of hydrogen-bond donors (Lipinski definition) is 1. The number of nitrogens with one attached hydrogen (secondary N) is 1. The van der Waals surface area contributed by atoms with Crippen LogP contribution in [0.15, 0.2) is 64.0 Å². The molecule has 6 heteroatoms. The molecule has 0 aliphatic heterocycles. The van der Waals surface area contributed by atoms with Crippen molar-refractivity contribution in [1.29, 1.82) is 0 Å². The third kappa shape index (κ3) is 3.49. The van der Waals surface area contributed by atoms with Crippen LogP contribution in [0.5, 0.6) is 0 Å². The summed E-state index contributed by atoms with van der Waals surface area (Å²) in [6.07, 6.45) is 1.92. The van der Waals surface area contributed by atoms with Crippen molar-refractivity contribution in [2.45, 2.75) is 11.4 Å². The van der Waals surface area contributed by atoms with Gasteiger partial charge in [0, 0.05) is 11.0 Å². The number of amides is 1. The Morgan fingerprint density at radius 2 is 1.96 bits per heavy atom. The summed E-state index contributed by atoms with van der Waals surface area (Å²) < 4.78 is 18.9. The van der Waals surface area contributed by atoms with E-state index < -0.39 is 0 Å². The highest BCUT2D eigenvalue weighted by Crippen LogP contribution is 2.23. The lowest BCUT2D eigenvalue weighted by atomic mass is 10.1. The molecule has 24 heavy (non-hydrogen) atoms. The maximum atomic E-state index is 13.7. The number of benzene rings is 2. The Labute approximate surface area is 143 Å². The molecular formula is C18H15FN2O2S. The maximum Gasteiger partial charge on any atom is 0.252 e. The first-order valence-electron chi connectivity index (χ1n) is 7.30. The molecule has 0 spiro atoms. The van der Waals surface area contributed by atoms with Crippen molar-refractivity contribution in [2.75, 3.05) is 6.26 Å². The molecule has 0 atom stereocenters. The summed E-state index contributed by atoms with van der Waals surface area (Å²) in [5, 5.41) is 6.68. The van der Waals surface area contributed by atoms with Gasteiger partial charge in [0.25, 0.3) is 5.91 Å². The van der Waals surface area contributed by atoms with E-state index in [-0.39, 0.29) is 18.3 Å². The lowest BCUT2D eigenvalue weighted by Crippen LogP contribution is -2.23. The van der Waals surface area contributed by atoms with Gasteiger partial charge < -0.3 is 9.84 Å². The third-order valence-corrected chi connectivity index (χ3v) is 4.28. The van der Waals surface area contributed by atoms with Gasteiger partial charge in [-0.15, -0.1) is 11.8 Å². The maximum absolute atomic E-state index is 13.7. The Morgan fingerprint density at radius 1 is 1.21 bits per heavy atom. The average Bonchev–Trinajstić information content (AvgIpc) is 3.08. The summed E-state index contributed by atoms with van der Waals surface area (Å²) in [5.41, 5.74) is 1.49. The predicted octanol–water partition coefficient (Wildman–Crippen LogP) is 4.13. The quantitative estimate of drug-likeness (QED) is 0.708. The van der Waals surface area contributed by atoms with Crippen LogP contribution >= 0.6 is 11.8 Å². The molecule has 0 aliphatic rings. The fourth-order valence-electron chi connectivity index (χ4n) is 2.28.